The molecule has 0 radical (unpaired) electrons. The summed E-state index contributed by atoms with van der Waals surface area (Å²) in [6.07, 6.45) is 0. The molecule has 0 aliphatic heterocycles. The zero-order valence-electron chi connectivity index (χ0n) is 11.4. The van der Waals surface area contributed by atoms with Crippen molar-refractivity contribution in [2.24, 2.45) is 0 Å². The second kappa shape index (κ2) is 6.42. The van der Waals surface area contributed by atoms with Gasteiger partial charge in [0, 0.05) is 18.1 Å². The maximum atomic E-state index is 10.8. The van der Waals surface area contributed by atoms with Crippen LogP contribution >= 0.6 is 15.9 Å². The smallest absolute Gasteiger partial charge is 0.335 e. The Morgan fingerprint density at radius 3 is 2.52 bits per heavy atom. The number of halogens is 1. The maximum Gasteiger partial charge on any atom is 0.335 e. The summed E-state index contributed by atoms with van der Waals surface area (Å²) in [5, 5.41) is 18.1. The maximum absolute atomic E-state index is 10.8. The van der Waals surface area contributed by atoms with E-state index in [4.69, 9.17) is 5.11 Å². The van der Waals surface area contributed by atoms with Gasteiger partial charge in [-0.05, 0) is 35.9 Å². The van der Waals surface area contributed by atoms with Gasteiger partial charge < -0.3 is 10.0 Å². The molecule has 0 atom stereocenters. The number of nitriles is 1. The van der Waals surface area contributed by atoms with Crippen LogP contribution in [0.1, 0.15) is 21.5 Å². The van der Waals surface area contributed by atoms with Crippen LogP contribution in [-0.2, 0) is 6.54 Å². The summed E-state index contributed by atoms with van der Waals surface area (Å²) in [5.74, 6) is -0.936. The normalized spacial score (nSPS) is 9.95. The lowest BCUT2D eigenvalue weighted by molar-refractivity contribution is 0.0697. The van der Waals surface area contributed by atoms with E-state index in [1.807, 2.05) is 24.1 Å². The second-order valence-corrected chi connectivity index (χ2v) is 5.55. The van der Waals surface area contributed by atoms with Crippen LogP contribution in [0.3, 0.4) is 0 Å². The van der Waals surface area contributed by atoms with Gasteiger partial charge in [-0.2, -0.15) is 5.26 Å². The molecule has 4 nitrogen and oxygen atoms in total. The Kier molecular flexibility index (Phi) is 4.61. The van der Waals surface area contributed by atoms with Crippen LogP contribution in [0.4, 0.5) is 5.69 Å². The van der Waals surface area contributed by atoms with Crippen LogP contribution in [0, 0.1) is 11.3 Å². The predicted molar refractivity (Wildman–Crippen MR) is 84.4 cm³/mol. The molecule has 0 aromatic heterocycles. The standard InChI is InChI=1S/C16H13BrN2O2/c1-19(15-7-6-14(17)8-13(15)9-18)10-11-2-4-12(5-3-11)16(20)21/h2-8H,10H2,1H3,(H,20,21). The molecule has 0 saturated carbocycles. The molecule has 0 amide bonds. The van der Waals surface area contributed by atoms with Gasteiger partial charge in [0.15, 0.2) is 0 Å². The monoisotopic (exact) mass is 344 g/mol. The molecule has 0 unspecified atom stereocenters. The van der Waals surface area contributed by atoms with Crippen molar-refractivity contribution >= 4 is 27.6 Å². The Morgan fingerprint density at radius 2 is 1.95 bits per heavy atom. The summed E-state index contributed by atoms with van der Waals surface area (Å²) in [7, 11) is 1.90. The van der Waals surface area contributed by atoms with Crippen LogP contribution in [0.2, 0.25) is 0 Å². The first kappa shape index (κ1) is 15.1. The molecule has 2 aromatic carbocycles. The van der Waals surface area contributed by atoms with Crippen molar-refractivity contribution in [3.63, 3.8) is 0 Å². The molecule has 0 aliphatic carbocycles. The van der Waals surface area contributed by atoms with Crippen LogP contribution in [0.15, 0.2) is 46.9 Å². The van der Waals surface area contributed by atoms with Crippen molar-refractivity contribution in [2.45, 2.75) is 6.54 Å². The number of nitrogens with zero attached hydrogens (tertiary/aromatic N) is 2. The SMILES string of the molecule is CN(Cc1ccc(C(=O)O)cc1)c1ccc(Br)cc1C#N. The summed E-state index contributed by atoms with van der Waals surface area (Å²) in [4.78, 5) is 12.8. The average molecular weight is 345 g/mol. The molecule has 5 heteroatoms. The summed E-state index contributed by atoms with van der Waals surface area (Å²) in [5.41, 5.74) is 2.68. The molecule has 1 N–H and O–H groups in total. The van der Waals surface area contributed by atoms with E-state index in [9.17, 15) is 10.1 Å². The molecule has 2 rings (SSSR count). The summed E-state index contributed by atoms with van der Waals surface area (Å²) in [6.45, 7) is 0.593. The molecule has 0 fully saturated rings. The Balaban J connectivity index is 2.20. The molecule has 0 heterocycles. The average Bonchev–Trinajstić information content (AvgIpc) is 2.47. The molecule has 0 spiro atoms. The van der Waals surface area contributed by atoms with E-state index in [0.717, 1.165) is 15.7 Å². The zero-order valence-corrected chi connectivity index (χ0v) is 13.0. The molecule has 2 aromatic rings. The van der Waals surface area contributed by atoms with Gasteiger partial charge in [0.1, 0.15) is 6.07 Å². The Morgan fingerprint density at radius 1 is 1.29 bits per heavy atom. The fourth-order valence-corrected chi connectivity index (χ4v) is 2.40. The minimum Gasteiger partial charge on any atom is -0.478 e. The second-order valence-electron chi connectivity index (χ2n) is 4.63. The van der Waals surface area contributed by atoms with Crippen molar-refractivity contribution in [1.82, 2.24) is 0 Å². The molecule has 0 aliphatic rings. The number of carbonyl (C=O) groups is 1. The molecule has 0 saturated heterocycles. The van der Waals surface area contributed by atoms with Gasteiger partial charge in [0.2, 0.25) is 0 Å². The van der Waals surface area contributed by atoms with Gasteiger partial charge in [-0.25, -0.2) is 4.79 Å². The van der Waals surface area contributed by atoms with E-state index >= 15 is 0 Å². The number of benzene rings is 2. The largest absolute Gasteiger partial charge is 0.478 e. The van der Waals surface area contributed by atoms with Crippen LogP contribution in [0.5, 0.6) is 0 Å². The van der Waals surface area contributed by atoms with E-state index in [1.165, 1.54) is 0 Å². The Bertz CT molecular complexity index is 705. The minimum atomic E-state index is -0.936. The van der Waals surface area contributed by atoms with Crippen LogP contribution < -0.4 is 4.90 Å². The fourth-order valence-electron chi connectivity index (χ4n) is 2.04. The number of hydrogen-bond donors (Lipinski definition) is 1. The van der Waals surface area contributed by atoms with Crippen molar-refractivity contribution in [3.8, 4) is 6.07 Å². The van der Waals surface area contributed by atoms with E-state index in [0.29, 0.717) is 12.1 Å². The topological polar surface area (TPSA) is 64.3 Å². The van der Waals surface area contributed by atoms with Crippen molar-refractivity contribution in [3.05, 3.63) is 63.6 Å². The van der Waals surface area contributed by atoms with Crippen LogP contribution in [-0.4, -0.2) is 18.1 Å². The van der Waals surface area contributed by atoms with Gasteiger partial charge >= 0.3 is 5.97 Å². The highest BCUT2D eigenvalue weighted by Crippen LogP contribution is 2.24. The summed E-state index contributed by atoms with van der Waals surface area (Å²) < 4.78 is 0.863. The lowest BCUT2D eigenvalue weighted by Crippen LogP contribution is -2.17. The van der Waals surface area contributed by atoms with Crippen molar-refractivity contribution in [2.75, 3.05) is 11.9 Å². The van der Waals surface area contributed by atoms with Crippen molar-refractivity contribution < 1.29 is 9.90 Å². The first-order valence-corrected chi connectivity index (χ1v) is 7.03. The van der Waals surface area contributed by atoms with Gasteiger partial charge in [-0.3, -0.25) is 0 Å². The quantitative estimate of drug-likeness (QED) is 0.919. The fraction of sp³-hybridized carbons (Fsp3) is 0.125. The van der Waals surface area contributed by atoms with Gasteiger partial charge in [-0.1, -0.05) is 28.1 Å². The highest BCUT2D eigenvalue weighted by atomic mass is 79.9. The first-order chi connectivity index (χ1) is 10.0. The number of hydrogen-bond acceptors (Lipinski definition) is 3. The van der Waals surface area contributed by atoms with E-state index < -0.39 is 5.97 Å². The van der Waals surface area contributed by atoms with Crippen LogP contribution in [0.25, 0.3) is 0 Å². The number of rotatable bonds is 4. The predicted octanol–water partition coefficient (Wildman–Crippen LogP) is 3.66. The molecular weight excluding hydrogens is 332 g/mol. The Labute approximate surface area is 131 Å². The highest BCUT2D eigenvalue weighted by Gasteiger charge is 2.09. The third-order valence-corrected chi connectivity index (χ3v) is 3.60. The third kappa shape index (κ3) is 3.61. The molecular formula is C16H13BrN2O2. The summed E-state index contributed by atoms with van der Waals surface area (Å²) >= 11 is 3.35. The molecule has 21 heavy (non-hydrogen) atoms. The highest BCUT2D eigenvalue weighted by molar-refractivity contribution is 9.10. The number of carboxylic acids is 1. The van der Waals surface area contributed by atoms with Crippen molar-refractivity contribution in [1.29, 1.82) is 5.26 Å². The summed E-state index contributed by atoms with van der Waals surface area (Å²) in [6, 6.07) is 14.5. The van der Waals surface area contributed by atoms with E-state index in [-0.39, 0.29) is 5.56 Å². The minimum absolute atomic E-state index is 0.266. The van der Waals surface area contributed by atoms with Gasteiger partial charge in [0.05, 0.1) is 16.8 Å². The zero-order chi connectivity index (χ0) is 15.4. The number of carboxylic acid groups (broad SMARTS) is 1. The first-order valence-electron chi connectivity index (χ1n) is 6.24. The Hall–Kier alpha value is -2.32. The lowest BCUT2D eigenvalue weighted by Gasteiger charge is -2.20. The van der Waals surface area contributed by atoms with E-state index in [1.54, 1.807) is 30.3 Å². The van der Waals surface area contributed by atoms with Gasteiger partial charge in [-0.15, -0.1) is 0 Å². The lowest BCUT2D eigenvalue weighted by atomic mass is 10.1. The van der Waals surface area contributed by atoms with Gasteiger partial charge in [0.25, 0.3) is 0 Å². The molecule has 0 bridgehead atoms. The number of aromatic carboxylic acids is 1. The van der Waals surface area contributed by atoms with E-state index in [2.05, 4.69) is 22.0 Å². The number of anilines is 1. The third-order valence-electron chi connectivity index (χ3n) is 3.11. The molecule has 106 valence electrons.